The highest BCUT2D eigenvalue weighted by Gasteiger charge is 2.21. The highest BCUT2D eigenvalue weighted by atomic mass is 16.5. The van der Waals surface area contributed by atoms with Crippen molar-refractivity contribution in [2.75, 3.05) is 40.4 Å². The second-order valence-electron chi connectivity index (χ2n) is 10.4. The summed E-state index contributed by atoms with van der Waals surface area (Å²) in [5.41, 5.74) is 9.44. The van der Waals surface area contributed by atoms with E-state index in [0.717, 1.165) is 35.1 Å². The van der Waals surface area contributed by atoms with Crippen molar-refractivity contribution < 1.29 is 14.0 Å². The molecule has 0 bridgehead atoms. The van der Waals surface area contributed by atoms with Crippen LogP contribution in [0.1, 0.15) is 31.5 Å². The van der Waals surface area contributed by atoms with Gasteiger partial charge in [0.15, 0.2) is 0 Å². The lowest BCUT2D eigenvalue weighted by molar-refractivity contribution is 0.107. The van der Waals surface area contributed by atoms with Gasteiger partial charge in [-0.25, -0.2) is 0 Å². The summed E-state index contributed by atoms with van der Waals surface area (Å²) in [5, 5.41) is 6.28. The van der Waals surface area contributed by atoms with Crippen LogP contribution in [0.3, 0.4) is 0 Å². The van der Waals surface area contributed by atoms with Crippen LogP contribution in [0.15, 0.2) is 97.1 Å². The molecule has 0 amide bonds. The minimum atomic E-state index is -0.131. The van der Waals surface area contributed by atoms with Crippen LogP contribution in [-0.4, -0.2) is 54.2 Å². The van der Waals surface area contributed by atoms with Crippen molar-refractivity contribution in [1.82, 2.24) is 10.6 Å². The summed E-state index contributed by atoms with van der Waals surface area (Å²) in [6.45, 7) is 8.25. The van der Waals surface area contributed by atoms with E-state index in [1.165, 1.54) is 22.2 Å². The molecule has 2 N–H and O–H groups in total. The maximum absolute atomic E-state index is 6.34. The molecule has 0 saturated carbocycles. The van der Waals surface area contributed by atoms with E-state index in [-0.39, 0.29) is 28.7 Å². The number of benzene rings is 4. The highest BCUT2D eigenvalue weighted by molar-refractivity contribution is 6.80. The van der Waals surface area contributed by atoms with E-state index in [9.17, 15) is 0 Å². The molecule has 5 nitrogen and oxygen atoms in total. The second kappa shape index (κ2) is 19.2. The number of likely N-dealkylation sites (N-methyl/N-ethyl adjacent to an activating group) is 2. The van der Waals surface area contributed by atoms with Crippen molar-refractivity contribution in [3.63, 3.8) is 0 Å². The summed E-state index contributed by atoms with van der Waals surface area (Å²) >= 11 is 0. The predicted octanol–water partition coefficient (Wildman–Crippen LogP) is 5.06. The molecule has 0 spiro atoms. The van der Waals surface area contributed by atoms with Gasteiger partial charge in [0.2, 0.25) is 0 Å². The zero-order valence-corrected chi connectivity index (χ0v) is 24.9. The van der Waals surface area contributed by atoms with Crippen LogP contribution in [0, 0.1) is 6.92 Å². The molecule has 4 rings (SSSR count). The maximum Gasteiger partial charge on any atom is 0.361 e. The first-order valence-electron chi connectivity index (χ1n) is 14.5. The van der Waals surface area contributed by atoms with Crippen LogP contribution in [0.5, 0.6) is 0 Å². The number of rotatable bonds is 16. The Morgan fingerprint density at radius 1 is 0.558 bits per heavy atom. The van der Waals surface area contributed by atoms with Gasteiger partial charge in [0.05, 0.1) is 13.2 Å². The van der Waals surface area contributed by atoms with Crippen LogP contribution in [0.4, 0.5) is 0 Å². The molecule has 0 aliphatic rings. The zero-order chi connectivity index (χ0) is 28.9. The van der Waals surface area contributed by atoms with Gasteiger partial charge in [-0.15, -0.1) is 0 Å². The lowest BCUT2D eigenvalue weighted by atomic mass is 9.55. The van der Waals surface area contributed by atoms with Crippen LogP contribution in [0.25, 0.3) is 11.1 Å². The van der Waals surface area contributed by atoms with Crippen molar-refractivity contribution in [2.24, 2.45) is 0 Å². The van der Waals surface area contributed by atoms with Gasteiger partial charge in [-0.3, -0.25) is 0 Å². The molecule has 0 unspecified atom stereocenters. The number of nitrogens with one attached hydrogen (secondary N) is 2. The molecule has 0 aliphatic heterocycles. The third-order valence-corrected chi connectivity index (χ3v) is 7.22. The molecule has 43 heavy (non-hydrogen) atoms. The molecule has 0 aliphatic carbocycles. The Bertz CT molecular complexity index is 1300. The van der Waals surface area contributed by atoms with Gasteiger partial charge in [-0.2, -0.15) is 0 Å². The normalized spacial score (nSPS) is 10.5. The number of hydrogen-bond donors (Lipinski definition) is 2. The van der Waals surface area contributed by atoms with Gasteiger partial charge in [0, 0.05) is 26.3 Å². The monoisotopic (exact) mass is 580 g/mol. The Hall–Kier alpha value is -3.19. The Morgan fingerprint density at radius 3 is 1.47 bits per heavy atom. The lowest BCUT2D eigenvalue weighted by Crippen LogP contribution is -2.46. The molecule has 0 fully saturated rings. The zero-order valence-electron chi connectivity index (χ0n) is 24.9. The third-order valence-electron chi connectivity index (χ3n) is 7.22. The van der Waals surface area contributed by atoms with Crippen LogP contribution < -0.4 is 27.0 Å². The molecule has 0 saturated heterocycles. The smallest absolute Gasteiger partial charge is 0.361 e. The van der Waals surface area contributed by atoms with E-state index in [0.29, 0.717) is 26.4 Å². The van der Waals surface area contributed by atoms with E-state index in [1.807, 2.05) is 14.1 Å². The average Bonchev–Trinajstić information content (AvgIpc) is 3.01. The summed E-state index contributed by atoms with van der Waals surface area (Å²) in [5.74, 6) is 0. The van der Waals surface area contributed by atoms with E-state index >= 15 is 0 Å². The Morgan fingerprint density at radius 2 is 0.977 bits per heavy atom. The first-order chi connectivity index (χ1) is 20.1. The number of ether oxygens (including phenoxy) is 1. The molecule has 0 atom stereocenters. The molecule has 7 heteroatoms. The van der Waals surface area contributed by atoms with E-state index in [1.54, 1.807) is 0 Å². The first-order valence-corrected chi connectivity index (χ1v) is 14.5. The lowest BCUT2D eigenvalue weighted by Gasteiger charge is -2.17. The summed E-state index contributed by atoms with van der Waals surface area (Å²) in [6.07, 6.45) is 0. The summed E-state index contributed by atoms with van der Waals surface area (Å²) in [7, 11) is 3.88. The standard InChI is InChI=1S/C34H42B2N2O3.2CH4/c1-27-5-11-30(12-6-27)31-13-19-34(20-14-31)36(41-24-22-38-4)33-17-9-29(10-18-33)26-39-25-28-7-15-32(16-8-28)35(2)40-23-21-37-3;;/h5-20,37-38H,21-26H2,1-4H3;2*1H4. The molecule has 4 aromatic carbocycles. The molecular formula is C36H50B2N2O3. The molecule has 228 valence electrons. The molecule has 0 radical (unpaired) electrons. The van der Waals surface area contributed by atoms with Crippen molar-refractivity contribution >= 4 is 30.2 Å². The predicted molar refractivity (Wildman–Crippen MR) is 187 cm³/mol. The van der Waals surface area contributed by atoms with E-state index in [4.69, 9.17) is 14.0 Å². The topological polar surface area (TPSA) is 51.8 Å². The quantitative estimate of drug-likeness (QED) is 0.144. The van der Waals surface area contributed by atoms with Crippen molar-refractivity contribution in [3.05, 3.63) is 114 Å². The number of hydrogen-bond acceptors (Lipinski definition) is 5. The van der Waals surface area contributed by atoms with Gasteiger partial charge in [-0.1, -0.05) is 124 Å². The van der Waals surface area contributed by atoms with Gasteiger partial charge in [0.1, 0.15) is 0 Å². The van der Waals surface area contributed by atoms with E-state index in [2.05, 4.69) is 121 Å². The first kappa shape index (κ1) is 36.0. The van der Waals surface area contributed by atoms with E-state index < -0.39 is 0 Å². The molecule has 0 aromatic heterocycles. The van der Waals surface area contributed by atoms with Crippen LogP contribution in [-0.2, 0) is 27.3 Å². The largest absolute Gasteiger partial charge is 0.430 e. The van der Waals surface area contributed by atoms with Crippen molar-refractivity contribution in [3.8, 4) is 11.1 Å². The van der Waals surface area contributed by atoms with Gasteiger partial charge < -0.3 is 24.7 Å². The summed E-state index contributed by atoms with van der Waals surface area (Å²) in [6, 6.07) is 34.4. The van der Waals surface area contributed by atoms with Crippen molar-refractivity contribution in [1.29, 1.82) is 0 Å². The van der Waals surface area contributed by atoms with Crippen molar-refractivity contribution in [2.45, 2.75) is 41.8 Å². The van der Waals surface area contributed by atoms with Crippen LogP contribution in [0.2, 0.25) is 6.82 Å². The molecule has 4 aromatic rings. The summed E-state index contributed by atoms with van der Waals surface area (Å²) < 4.78 is 18.2. The van der Waals surface area contributed by atoms with Gasteiger partial charge in [-0.05, 0) is 59.7 Å². The highest BCUT2D eigenvalue weighted by Crippen LogP contribution is 2.19. The average molecular weight is 580 g/mol. The fraction of sp³-hybridized carbons (Fsp3) is 0.333. The van der Waals surface area contributed by atoms with Gasteiger partial charge in [0.25, 0.3) is 0 Å². The van der Waals surface area contributed by atoms with Crippen LogP contribution >= 0.6 is 0 Å². The Balaban J connectivity index is 0.00000323. The maximum atomic E-state index is 6.34. The molecular weight excluding hydrogens is 530 g/mol. The Kier molecular flexibility index (Phi) is 16.0. The minimum absolute atomic E-state index is 0. The summed E-state index contributed by atoms with van der Waals surface area (Å²) in [4.78, 5) is 0. The second-order valence-corrected chi connectivity index (χ2v) is 10.4. The third kappa shape index (κ3) is 11.1. The minimum Gasteiger partial charge on any atom is -0.430 e. The fourth-order valence-corrected chi connectivity index (χ4v) is 4.65. The molecule has 0 heterocycles. The SMILES string of the molecule is C.C.CNCCOB(C)c1ccc(COCc2ccc(B(OCCNC)c3ccc(-c4ccc(C)cc4)cc3)cc2)cc1. The van der Waals surface area contributed by atoms with Gasteiger partial charge >= 0.3 is 13.8 Å². The Labute approximate surface area is 261 Å². The number of aryl methyl sites for hydroxylation is 1. The fourth-order valence-electron chi connectivity index (χ4n) is 4.65.